The Morgan fingerprint density at radius 3 is 2.34 bits per heavy atom. The fourth-order valence-electron chi connectivity index (χ4n) is 3.58. The third-order valence-corrected chi connectivity index (χ3v) is 5.67. The van der Waals surface area contributed by atoms with Crippen molar-refractivity contribution in [1.82, 2.24) is 0 Å². The number of rotatable bonds is 5. The lowest BCUT2D eigenvalue weighted by Gasteiger charge is -2.36. The van der Waals surface area contributed by atoms with Crippen LogP contribution in [-0.2, 0) is 24.4 Å². The fourth-order valence-corrected chi connectivity index (χ4v) is 3.93. The number of nitrogens with two attached hydrogens (primary N) is 1. The first-order valence-electron chi connectivity index (χ1n) is 9.39. The molecule has 1 unspecified atom stereocenters. The molecule has 164 valence electrons. The minimum Gasteiger partial charge on any atom is -0.466 e. The van der Waals surface area contributed by atoms with Gasteiger partial charge in [0.05, 0.1) is 43.0 Å². The molecule has 0 aliphatic carbocycles. The van der Waals surface area contributed by atoms with E-state index >= 15 is 4.39 Å². The number of methoxy groups -OCH3 is 2. The number of hydrogen-bond donors (Lipinski definition) is 1. The van der Waals surface area contributed by atoms with E-state index in [-0.39, 0.29) is 28.4 Å². The van der Waals surface area contributed by atoms with Crippen molar-refractivity contribution in [3.05, 3.63) is 88.1 Å². The first-order valence-corrected chi connectivity index (χ1v) is 10.5. The molecule has 0 radical (unpaired) electrons. The molecule has 7 nitrogen and oxygen atoms in total. The Bertz CT molecular complexity index is 1170. The number of alkyl halides is 1. The maximum absolute atomic E-state index is 15.1. The molecule has 9 heteroatoms. The zero-order valence-electron chi connectivity index (χ0n) is 17.3. The highest BCUT2D eigenvalue weighted by Crippen LogP contribution is 2.43. The number of allylic oxidation sites excluding steroid dienone is 1. The summed E-state index contributed by atoms with van der Waals surface area (Å²) in [6, 6.07) is 14.9. The molecule has 1 aliphatic heterocycles. The summed E-state index contributed by atoms with van der Waals surface area (Å²) in [6.45, 7) is 0. The van der Waals surface area contributed by atoms with Gasteiger partial charge in [0.25, 0.3) is 0 Å². The quantitative estimate of drug-likeness (QED) is 0.494. The minimum atomic E-state index is -1.01. The van der Waals surface area contributed by atoms with E-state index in [1.165, 1.54) is 12.1 Å². The van der Waals surface area contributed by atoms with Crippen molar-refractivity contribution in [2.45, 2.75) is 11.2 Å². The summed E-state index contributed by atoms with van der Waals surface area (Å²) >= 11 is 3.26. The van der Waals surface area contributed by atoms with Gasteiger partial charge in [-0.2, -0.15) is 5.26 Å². The summed E-state index contributed by atoms with van der Waals surface area (Å²) in [5.41, 5.74) is 6.85. The van der Waals surface area contributed by atoms with Gasteiger partial charge in [-0.25, -0.2) is 14.0 Å². The average molecular weight is 500 g/mol. The number of hydrogen-bond acceptors (Lipinski definition) is 7. The number of ether oxygens (including phenoxy) is 2. The van der Waals surface area contributed by atoms with Gasteiger partial charge < -0.3 is 15.2 Å². The minimum absolute atomic E-state index is 0.0341. The monoisotopic (exact) mass is 499 g/mol. The third kappa shape index (κ3) is 3.97. The summed E-state index contributed by atoms with van der Waals surface area (Å²) in [4.78, 5) is 26.9. The Morgan fingerprint density at radius 2 is 1.81 bits per heavy atom. The normalized spacial score (nSPS) is 16.0. The Hall–Kier alpha value is -3.64. The highest BCUT2D eigenvalue weighted by Gasteiger charge is 2.43. The van der Waals surface area contributed by atoms with Gasteiger partial charge >= 0.3 is 11.9 Å². The third-order valence-electron chi connectivity index (χ3n) is 5.02. The molecule has 1 atom stereocenters. The van der Waals surface area contributed by atoms with Crippen molar-refractivity contribution in [3.8, 4) is 6.07 Å². The predicted molar refractivity (Wildman–Crippen MR) is 119 cm³/mol. The van der Waals surface area contributed by atoms with Gasteiger partial charge in [-0.1, -0.05) is 52.3 Å². The summed E-state index contributed by atoms with van der Waals surface area (Å²) in [5, 5.41) is 10.4. The van der Waals surface area contributed by atoms with E-state index in [1.807, 2.05) is 6.07 Å². The zero-order chi connectivity index (χ0) is 23.4. The maximum Gasteiger partial charge on any atom is 0.355 e. The van der Waals surface area contributed by atoms with E-state index in [0.717, 1.165) is 19.1 Å². The lowest BCUT2D eigenvalue weighted by Crippen LogP contribution is -2.41. The van der Waals surface area contributed by atoms with Crippen molar-refractivity contribution in [1.29, 1.82) is 5.26 Å². The van der Waals surface area contributed by atoms with Crippen LogP contribution in [0, 0.1) is 17.1 Å². The van der Waals surface area contributed by atoms with E-state index in [2.05, 4.69) is 15.9 Å². The van der Waals surface area contributed by atoms with Gasteiger partial charge in [0.2, 0.25) is 0 Å². The first kappa shape index (κ1) is 23.0. The molecule has 0 saturated heterocycles. The molecule has 2 N–H and O–H groups in total. The molecule has 1 heterocycles. The second kappa shape index (κ2) is 9.66. The number of carbonyl (C=O) groups excluding carboxylic acids is 2. The van der Waals surface area contributed by atoms with E-state index in [1.54, 1.807) is 36.4 Å². The van der Waals surface area contributed by atoms with E-state index < -0.39 is 23.7 Å². The smallest absolute Gasteiger partial charge is 0.355 e. The SMILES string of the molecule is COC(=O)C1=C(C(=O)OC)N(c2ccc(CBr)cc2F)C(N)=C(C#N)C1c1ccccc1. The van der Waals surface area contributed by atoms with Crippen LogP contribution in [0.5, 0.6) is 0 Å². The van der Waals surface area contributed by atoms with Crippen LogP contribution in [0.4, 0.5) is 10.1 Å². The van der Waals surface area contributed by atoms with Crippen LogP contribution in [0.25, 0.3) is 0 Å². The van der Waals surface area contributed by atoms with Crippen molar-refractivity contribution in [2.75, 3.05) is 19.1 Å². The number of benzene rings is 2. The summed E-state index contributed by atoms with van der Waals surface area (Å²) in [6.07, 6.45) is 0. The molecule has 0 fully saturated rings. The van der Waals surface area contributed by atoms with Gasteiger partial charge in [0.1, 0.15) is 17.3 Å². The van der Waals surface area contributed by atoms with Gasteiger partial charge in [0, 0.05) is 5.33 Å². The lowest BCUT2D eigenvalue weighted by molar-refractivity contribution is -0.139. The predicted octanol–water partition coefficient (Wildman–Crippen LogP) is 3.62. The Labute approximate surface area is 192 Å². The maximum atomic E-state index is 15.1. The van der Waals surface area contributed by atoms with Crippen LogP contribution in [0.15, 0.2) is 71.2 Å². The highest BCUT2D eigenvalue weighted by atomic mass is 79.9. The second-order valence-corrected chi connectivity index (χ2v) is 7.32. The number of esters is 2. The fraction of sp³-hybridized carbons (Fsp3) is 0.174. The Morgan fingerprint density at radius 1 is 1.16 bits per heavy atom. The van der Waals surface area contributed by atoms with Crippen LogP contribution < -0.4 is 10.6 Å². The molecule has 32 heavy (non-hydrogen) atoms. The zero-order valence-corrected chi connectivity index (χ0v) is 18.8. The molecule has 0 bridgehead atoms. The van der Waals surface area contributed by atoms with Crippen LogP contribution >= 0.6 is 15.9 Å². The summed E-state index contributed by atoms with van der Waals surface area (Å²) in [7, 11) is 2.28. The Balaban J connectivity index is 2.41. The molecule has 2 aromatic rings. The van der Waals surface area contributed by atoms with E-state index in [4.69, 9.17) is 15.2 Å². The first-order chi connectivity index (χ1) is 15.4. The molecule has 0 amide bonds. The molecular formula is C23H19BrFN3O4. The van der Waals surface area contributed by atoms with Crippen LogP contribution in [0.2, 0.25) is 0 Å². The Kier molecular flexibility index (Phi) is 6.95. The van der Waals surface area contributed by atoms with Crippen molar-refractivity contribution in [2.24, 2.45) is 5.73 Å². The molecular weight excluding hydrogens is 481 g/mol. The average Bonchev–Trinajstić information content (AvgIpc) is 2.82. The van der Waals surface area contributed by atoms with E-state index in [9.17, 15) is 14.9 Å². The second-order valence-electron chi connectivity index (χ2n) is 6.75. The van der Waals surface area contributed by atoms with Crippen molar-refractivity contribution < 1.29 is 23.5 Å². The van der Waals surface area contributed by atoms with Crippen LogP contribution in [0.3, 0.4) is 0 Å². The van der Waals surface area contributed by atoms with Gasteiger partial charge in [-0.3, -0.25) is 4.90 Å². The van der Waals surface area contributed by atoms with Crippen molar-refractivity contribution in [3.63, 3.8) is 0 Å². The van der Waals surface area contributed by atoms with Gasteiger partial charge in [-0.05, 0) is 23.3 Å². The molecule has 0 saturated carbocycles. The van der Waals surface area contributed by atoms with Crippen LogP contribution in [0.1, 0.15) is 17.0 Å². The largest absolute Gasteiger partial charge is 0.466 e. The highest BCUT2D eigenvalue weighted by molar-refractivity contribution is 9.08. The number of carbonyl (C=O) groups is 2. The summed E-state index contributed by atoms with van der Waals surface area (Å²) in [5.74, 6) is -3.72. The van der Waals surface area contributed by atoms with E-state index in [0.29, 0.717) is 16.5 Å². The van der Waals surface area contributed by atoms with Crippen LogP contribution in [-0.4, -0.2) is 26.2 Å². The van der Waals surface area contributed by atoms with Crippen molar-refractivity contribution >= 4 is 33.6 Å². The molecule has 0 spiro atoms. The standard InChI is InChI=1S/C23H19BrFN3O4/c1-31-22(29)19-18(14-6-4-3-5-7-14)15(12-26)21(27)28(20(19)23(30)32-2)17-9-8-13(11-24)10-16(17)25/h3-10,18H,11,27H2,1-2H3. The lowest BCUT2D eigenvalue weighted by atomic mass is 9.81. The van der Waals surface area contributed by atoms with Gasteiger partial charge in [0.15, 0.2) is 0 Å². The summed E-state index contributed by atoms with van der Waals surface area (Å²) < 4.78 is 24.9. The number of nitriles is 1. The molecule has 2 aromatic carbocycles. The molecule has 3 rings (SSSR count). The van der Waals surface area contributed by atoms with Gasteiger partial charge in [-0.15, -0.1) is 0 Å². The number of nitrogens with zero attached hydrogens (tertiary/aromatic N) is 2. The molecule has 1 aliphatic rings. The topological polar surface area (TPSA) is 106 Å². The number of halogens is 2. The number of anilines is 1. The molecule has 0 aromatic heterocycles.